The van der Waals surface area contributed by atoms with Gasteiger partial charge in [-0.2, -0.15) is 4.98 Å². The van der Waals surface area contributed by atoms with Gasteiger partial charge in [-0.1, -0.05) is 0 Å². The average Bonchev–Trinajstić information content (AvgIpc) is 3.04. The van der Waals surface area contributed by atoms with Crippen LogP contribution in [0.15, 0.2) is 30.5 Å². The van der Waals surface area contributed by atoms with Crippen molar-refractivity contribution in [1.82, 2.24) is 20.3 Å². The minimum atomic E-state index is -0.679. The van der Waals surface area contributed by atoms with Gasteiger partial charge < -0.3 is 21.7 Å². The van der Waals surface area contributed by atoms with Crippen LogP contribution in [0.1, 0.15) is 27.0 Å². The third kappa shape index (κ3) is 3.39. The van der Waals surface area contributed by atoms with Crippen molar-refractivity contribution in [3.8, 4) is 0 Å². The third-order valence-electron chi connectivity index (χ3n) is 4.96. The Morgan fingerprint density at radius 2 is 2.13 bits per heavy atom. The second-order valence-corrected chi connectivity index (χ2v) is 8.54. The number of nitrogens with two attached hydrogens (primary N) is 1. The number of anilines is 3. The van der Waals surface area contributed by atoms with Crippen LogP contribution in [-0.4, -0.2) is 39.4 Å². The standard InChI is InChI=1S/C20H16ClN7O2S/c1-8-6-23-15-14-9-2-5-13(27-18-10(17(22)29)7-24-20(21)28-18)26-11(9)3-4-12(14)31-16(15)19(30)25-8/h2-5,7-8,23H,6H2,1H3,(H2,22,29)(H,25,30)(H,24,26,27,28)/t8-/m0/s1. The van der Waals surface area contributed by atoms with Crippen molar-refractivity contribution in [2.45, 2.75) is 13.0 Å². The molecule has 0 spiro atoms. The van der Waals surface area contributed by atoms with Gasteiger partial charge in [-0.15, -0.1) is 11.3 Å². The van der Waals surface area contributed by atoms with E-state index >= 15 is 0 Å². The Hall–Kier alpha value is -3.50. The number of carbonyl (C=O) groups is 2. The first-order valence-electron chi connectivity index (χ1n) is 9.41. The van der Waals surface area contributed by atoms with Crippen LogP contribution in [0.5, 0.6) is 0 Å². The molecule has 1 aliphatic heterocycles. The quantitative estimate of drug-likeness (QED) is 0.349. The molecule has 0 aliphatic carbocycles. The van der Waals surface area contributed by atoms with Gasteiger partial charge in [-0.25, -0.2) is 9.97 Å². The third-order valence-corrected chi connectivity index (χ3v) is 6.30. The number of halogens is 1. The van der Waals surface area contributed by atoms with Crippen LogP contribution < -0.4 is 21.7 Å². The van der Waals surface area contributed by atoms with Gasteiger partial charge in [0, 0.05) is 34.3 Å². The van der Waals surface area contributed by atoms with Crippen LogP contribution >= 0.6 is 22.9 Å². The second kappa shape index (κ2) is 7.33. The minimum absolute atomic E-state index is 0.0189. The van der Waals surface area contributed by atoms with Crippen molar-refractivity contribution < 1.29 is 9.59 Å². The number of pyridine rings is 1. The molecule has 11 heteroatoms. The zero-order valence-electron chi connectivity index (χ0n) is 16.2. The van der Waals surface area contributed by atoms with E-state index in [9.17, 15) is 9.59 Å². The normalized spacial score (nSPS) is 15.8. The SMILES string of the molecule is C[C@H]1CNc2c(sc3ccc4nc(Nc5nc(Cl)ncc5C(N)=O)ccc4c23)C(=O)N1. The number of aromatic nitrogens is 3. The number of nitrogens with zero attached hydrogens (tertiary/aromatic N) is 3. The topological polar surface area (TPSA) is 135 Å². The average molecular weight is 454 g/mol. The molecule has 156 valence electrons. The van der Waals surface area contributed by atoms with E-state index in [4.69, 9.17) is 17.3 Å². The summed E-state index contributed by atoms with van der Waals surface area (Å²) in [7, 11) is 0. The van der Waals surface area contributed by atoms with Gasteiger partial charge in [0.15, 0.2) is 0 Å². The summed E-state index contributed by atoms with van der Waals surface area (Å²) in [5, 5.41) is 11.2. The van der Waals surface area contributed by atoms with Crippen molar-refractivity contribution in [2.24, 2.45) is 5.73 Å². The maximum absolute atomic E-state index is 12.6. The van der Waals surface area contributed by atoms with Crippen molar-refractivity contribution in [3.05, 3.63) is 46.2 Å². The number of carbonyl (C=O) groups excluding carboxylic acids is 2. The number of nitrogens with one attached hydrogen (secondary N) is 3. The number of amides is 2. The number of fused-ring (bicyclic) bond motifs is 5. The van der Waals surface area contributed by atoms with Crippen LogP contribution in [0.2, 0.25) is 5.28 Å². The molecule has 9 nitrogen and oxygen atoms in total. The monoisotopic (exact) mass is 453 g/mol. The molecule has 0 saturated heterocycles. The maximum atomic E-state index is 12.6. The van der Waals surface area contributed by atoms with Gasteiger partial charge >= 0.3 is 0 Å². The molecular weight excluding hydrogens is 438 g/mol. The number of hydrogen-bond donors (Lipinski definition) is 4. The fourth-order valence-electron chi connectivity index (χ4n) is 3.55. The summed E-state index contributed by atoms with van der Waals surface area (Å²) < 4.78 is 0.996. The van der Waals surface area contributed by atoms with Crippen LogP contribution in [0.3, 0.4) is 0 Å². The first-order valence-corrected chi connectivity index (χ1v) is 10.6. The minimum Gasteiger partial charge on any atom is -0.381 e. The Kier molecular flexibility index (Phi) is 4.60. The van der Waals surface area contributed by atoms with Gasteiger partial charge in [0.2, 0.25) is 5.28 Å². The zero-order chi connectivity index (χ0) is 21.7. The van der Waals surface area contributed by atoms with Crippen LogP contribution in [0.25, 0.3) is 21.0 Å². The second-order valence-electron chi connectivity index (χ2n) is 7.15. The molecule has 0 fully saturated rings. The first-order chi connectivity index (χ1) is 14.9. The molecule has 5 N–H and O–H groups in total. The molecule has 1 atom stereocenters. The molecular formula is C20H16ClN7O2S. The molecule has 1 aromatic carbocycles. The lowest BCUT2D eigenvalue weighted by Gasteiger charge is -2.11. The molecule has 3 aromatic heterocycles. The van der Waals surface area contributed by atoms with Crippen molar-refractivity contribution in [3.63, 3.8) is 0 Å². The van der Waals surface area contributed by atoms with Crippen molar-refractivity contribution in [1.29, 1.82) is 0 Å². The van der Waals surface area contributed by atoms with E-state index in [0.717, 1.165) is 26.7 Å². The lowest BCUT2D eigenvalue weighted by atomic mass is 10.1. The van der Waals surface area contributed by atoms with Crippen LogP contribution in [-0.2, 0) is 0 Å². The summed E-state index contributed by atoms with van der Waals surface area (Å²) in [5.74, 6) is -0.115. The van der Waals surface area contributed by atoms with E-state index < -0.39 is 5.91 Å². The fourth-order valence-corrected chi connectivity index (χ4v) is 4.78. The van der Waals surface area contributed by atoms with Gasteiger partial charge in [-0.05, 0) is 42.8 Å². The van der Waals surface area contributed by atoms with Gasteiger partial charge in [-0.3, -0.25) is 9.59 Å². The Labute approximate surface area is 185 Å². The Morgan fingerprint density at radius 3 is 2.94 bits per heavy atom. The number of hydrogen-bond acceptors (Lipinski definition) is 8. The number of primary amides is 1. The van der Waals surface area contributed by atoms with E-state index in [0.29, 0.717) is 17.2 Å². The molecule has 2 amide bonds. The van der Waals surface area contributed by atoms with Crippen molar-refractivity contribution >= 4 is 73.1 Å². The predicted octanol–water partition coefficient (Wildman–Crippen LogP) is 3.28. The molecule has 0 radical (unpaired) electrons. The van der Waals surface area contributed by atoms with Crippen molar-refractivity contribution in [2.75, 3.05) is 17.2 Å². The van der Waals surface area contributed by atoms with E-state index in [1.807, 2.05) is 25.1 Å². The summed E-state index contributed by atoms with van der Waals surface area (Å²) in [6, 6.07) is 7.56. The highest BCUT2D eigenvalue weighted by Crippen LogP contribution is 2.41. The highest BCUT2D eigenvalue weighted by molar-refractivity contribution is 7.21. The molecule has 1 aliphatic rings. The predicted molar refractivity (Wildman–Crippen MR) is 121 cm³/mol. The molecule has 0 unspecified atom stereocenters. The van der Waals surface area contributed by atoms with Gasteiger partial charge in [0.1, 0.15) is 22.1 Å². The highest BCUT2D eigenvalue weighted by atomic mass is 35.5. The highest BCUT2D eigenvalue weighted by Gasteiger charge is 2.24. The molecule has 31 heavy (non-hydrogen) atoms. The van der Waals surface area contributed by atoms with E-state index in [1.54, 1.807) is 6.07 Å². The lowest BCUT2D eigenvalue weighted by Crippen LogP contribution is -2.34. The Morgan fingerprint density at radius 1 is 1.29 bits per heavy atom. The fraction of sp³-hybridized carbons (Fsp3) is 0.150. The Bertz CT molecular complexity index is 1390. The van der Waals surface area contributed by atoms with Crippen LogP contribution in [0.4, 0.5) is 17.3 Å². The molecule has 0 saturated carbocycles. The first kappa shape index (κ1) is 19.5. The lowest BCUT2D eigenvalue weighted by molar-refractivity contribution is 0.0948. The van der Waals surface area contributed by atoms with Crippen LogP contribution in [0, 0.1) is 0 Å². The number of rotatable bonds is 3. The summed E-state index contributed by atoms with van der Waals surface area (Å²) in [4.78, 5) is 37.4. The van der Waals surface area contributed by atoms with E-state index in [2.05, 4.69) is 30.9 Å². The zero-order valence-corrected chi connectivity index (χ0v) is 17.8. The largest absolute Gasteiger partial charge is 0.381 e. The summed E-state index contributed by atoms with van der Waals surface area (Å²) in [6.45, 7) is 2.60. The smallest absolute Gasteiger partial charge is 0.263 e. The Balaban J connectivity index is 1.61. The van der Waals surface area contributed by atoms with E-state index in [1.165, 1.54) is 17.5 Å². The molecule has 0 bridgehead atoms. The summed E-state index contributed by atoms with van der Waals surface area (Å²) >= 11 is 7.32. The summed E-state index contributed by atoms with van der Waals surface area (Å²) in [6.07, 6.45) is 1.27. The molecule has 5 rings (SSSR count). The van der Waals surface area contributed by atoms with E-state index in [-0.39, 0.29) is 28.6 Å². The maximum Gasteiger partial charge on any atom is 0.263 e. The molecule has 4 heterocycles. The number of benzene rings is 1. The summed E-state index contributed by atoms with van der Waals surface area (Å²) in [5.41, 5.74) is 7.05. The van der Waals surface area contributed by atoms with Gasteiger partial charge in [0.25, 0.3) is 11.8 Å². The number of thiophene rings is 1. The molecule has 4 aromatic rings. The van der Waals surface area contributed by atoms with Gasteiger partial charge in [0.05, 0.1) is 11.2 Å².